The smallest absolute Gasteiger partial charge is 0.254 e. The average Bonchev–Trinajstić information content (AvgIpc) is 2.66. The normalized spacial score (nSPS) is 14.5. The first-order valence-corrected chi connectivity index (χ1v) is 9.62. The fourth-order valence-electron chi connectivity index (χ4n) is 3.50. The second-order valence-corrected chi connectivity index (χ2v) is 7.37. The van der Waals surface area contributed by atoms with Crippen LogP contribution < -0.4 is 5.32 Å². The molecule has 2 aromatic rings. The number of nitrogens with zero attached hydrogens (tertiary/aromatic N) is 1. The van der Waals surface area contributed by atoms with Crippen molar-refractivity contribution in [3.63, 3.8) is 0 Å². The number of benzene rings is 2. The Morgan fingerprint density at radius 1 is 1.00 bits per heavy atom. The molecular formula is C21H21ClF2N2O2. The summed E-state index contributed by atoms with van der Waals surface area (Å²) in [5.74, 6) is -2.32. The van der Waals surface area contributed by atoms with Crippen molar-refractivity contribution in [2.24, 2.45) is 0 Å². The monoisotopic (exact) mass is 406 g/mol. The third-order valence-electron chi connectivity index (χ3n) is 4.83. The van der Waals surface area contributed by atoms with Gasteiger partial charge in [-0.05, 0) is 49.2 Å². The van der Waals surface area contributed by atoms with E-state index < -0.39 is 17.5 Å². The molecule has 2 aromatic carbocycles. The maximum absolute atomic E-state index is 13.3. The van der Waals surface area contributed by atoms with Gasteiger partial charge >= 0.3 is 0 Å². The first-order valence-electron chi connectivity index (χ1n) is 9.25. The number of carbonyl (C=O) groups excluding carboxylic acids is 2. The van der Waals surface area contributed by atoms with Gasteiger partial charge in [0, 0.05) is 28.4 Å². The van der Waals surface area contributed by atoms with E-state index in [0.717, 1.165) is 50.3 Å². The van der Waals surface area contributed by atoms with Crippen LogP contribution in [0.15, 0.2) is 42.5 Å². The van der Waals surface area contributed by atoms with Gasteiger partial charge in [-0.1, -0.05) is 30.9 Å². The lowest BCUT2D eigenvalue weighted by atomic mass is 9.93. The highest BCUT2D eigenvalue weighted by Gasteiger charge is 2.28. The number of rotatable bonds is 5. The van der Waals surface area contributed by atoms with Crippen LogP contribution in [0.4, 0.5) is 14.5 Å². The van der Waals surface area contributed by atoms with Crippen molar-refractivity contribution in [3.05, 3.63) is 64.7 Å². The van der Waals surface area contributed by atoms with E-state index in [1.54, 1.807) is 29.2 Å². The lowest BCUT2D eigenvalue weighted by molar-refractivity contribution is -0.117. The molecule has 0 unspecified atom stereocenters. The molecule has 2 amide bonds. The molecule has 4 nitrogen and oxygen atoms in total. The summed E-state index contributed by atoms with van der Waals surface area (Å²) in [5, 5.41) is 2.99. The summed E-state index contributed by atoms with van der Waals surface area (Å²) in [6.45, 7) is -0.190. The van der Waals surface area contributed by atoms with Gasteiger partial charge in [-0.15, -0.1) is 0 Å². The van der Waals surface area contributed by atoms with E-state index in [-0.39, 0.29) is 24.2 Å². The van der Waals surface area contributed by atoms with Crippen molar-refractivity contribution in [1.29, 1.82) is 0 Å². The molecule has 0 radical (unpaired) electrons. The van der Waals surface area contributed by atoms with Crippen molar-refractivity contribution in [3.8, 4) is 0 Å². The second kappa shape index (κ2) is 9.15. The highest BCUT2D eigenvalue weighted by Crippen LogP contribution is 2.25. The van der Waals surface area contributed by atoms with Crippen molar-refractivity contribution < 1.29 is 18.4 Å². The van der Waals surface area contributed by atoms with Crippen LogP contribution in [-0.4, -0.2) is 29.3 Å². The molecule has 1 N–H and O–H groups in total. The Balaban J connectivity index is 1.77. The summed E-state index contributed by atoms with van der Waals surface area (Å²) < 4.78 is 26.7. The highest BCUT2D eigenvalue weighted by molar-refractivity contribution is 6.30. The topological polar surface area (TPSA) is 49.4 Å². The SMILES string of the molecule is O=C(CN(C(=O)c1ccc(Cl)cc1)C1CCCCC1)Nc1cc(F)cc(F)c1. The van der Waals surface area contributed by atoms with E-state index in [1.165, 1.54) is 0 Å². The number of nitrogens with one attached hydrogen (secondary N) is 1. The quantitative estimate of drug-likeness (QED) is 0.756. The van der Waals surface area contributed by atoms with Crippen LogP contribution in [0.5, 0.6) is 0 Å². The first kappa shape index (κ1) is 20.3. The zero-order valence-corrected chi connectivity index (χ0v) is 16.0. The lowest BCUT2D eigenvalue weighted by Crippen LogP contribution is -2.45. The van der Waals surface area contributed by atoms with Crippen molar-refractivity contribution in [2.45, 2.75) is 38.1 Å². The number of hydrogen-bond donors (Lipinski definition) is 1. The molecule has 148 valence electrons. The van der Waals surface area contributed by atoms with Crippen molar-refractivity contribution in [2.75, 3.05) is 11.9 Å². The Morgan fingerprint density at radius 3 is 2.21 bits per heavy atom. The third-order valence-corrected chi connectivity index (χ3v) is 5.08. The van der Waals surface area contributed by atoms with E-state index in [0.29, 0.717) is 10.6 Å². The summed E-state index contributed by atoms with van der Waals surface area (Å²) in [6.07, 6.45) is 4.73. The van der Waals surface area contributed by atoms with Crippen LogP contribution >= 0.6 is 11.6 Å². The second-order valence-electron chi connectivity index (χ2n) is 6.94. The van der Waals surface area contributed by atoms with Crippen LogP contribution in [0.25, 0.3) is 0 Å². The molecule has 1 saturated carbocycles. The van der Waals surface area contributed by atoms with Gasteiger partial charge < -0.3 is 10.2 Å². The number of carbonyl (C=O) groups is 2. The predicted octanol–water partition coefficient (Wildman–Crippen LogP) is 5.03. The molecule has 0 spiro atoms. The van der Waals surface area contributed by atoms with Crippen LogP contribution in [0.3, 0.4) is 0 Å². The fourth-order valence-corrected chi connectivity index (χ4v) is 3.62. The minimum atomic E-state index is -0.781. The van der Waals surface area contributed by atoms with E-state index >= 15 is 0 Å². The maximum atomic E-state index is 13.3. The van der Waals surface area contributed by atoms with Gasteiger partial charge in [-0.2, -0.15) is 0 Å². The summed E-state index contributed by atoms with van der Waals surface area (Å²) in [5.41, 5.74) is 0.463. The summed E-state index contributed by atoms with van der Waals surface area (Å²) in [6, 6.07) is 9.26. The minimum Gasteiger partial charge on any atom is -0.326 e. The number of hydrogen-bond acceptors (Lipinski definition) is 2. The van der Waals surface area contributed by atoms with Gasteiger partial charge in [0.1, 0.15) is 18.2 Å². The molecule has 1 aliphatic rings. The van der Waals surface area contributed by atoms with Gasteiger partial charge in [-0.3, -0.25) is 9.59 Å². The fraction of sp³-hybridized carbons (Fsp3) is 0.333. The maximum Gasteiger partial charge on any atom is 0.254 e. The minimum absolute atomic E-state index is 0.0186. The van der Waals surface area contributed by atoms with Crippen molar-refractivity contribution in [1.82, 2.24) is 4.90 Å². The Kier molecular flexibility index (Phi) is 6.62. The number of anilines is 1. The van der Waals surface area contributed by atoms with E-state index in [4.69, 9.17) is 11.6 Å². The van der Waals surface area contributed by atoms with E-state index in [9.17, 15) is 18.4 Å². The number of amides is 2. The van der Waals surface area contributed by atoms with Crippen molar-refractivity contribution >= 4 is 29.1 Å². The zero-order chi connectivity index (χ0) is 20.1. The lowest BCUT2D eigenvalue weighted by Gasteiger charge is -2.34. The molecule has 0 aliphatic heterocycles. The Labute approximate surface area is 167 Å². The summed E-state index contributed by atoms with van der Waals surface area (Å²) in [7, 11) is 0. The molecule has 3 rings (SSSR count). The van der Waals surface area contributed by atoms with Crippen LogP contribution in [0.2, 0.25) is 5.02 Å². The predicted molar refractivity (Wildman–Crippen MR) is 104 cm³/mol. The van der Waals surface area contributed by atoms with Crippen LogP contribution in [0.1, 0.15) is 42.5 Å². The standard InChI is InChI=1S/C21H21ClF2N2O2/c22-15-8-6-14(7-9-15)21(28)26(19-4-2-1-3-5-19)13-20(27)25-18-11-16(23)10-17(24)12-18/h6-12,19H,1-5,13H2,(H,25,27). The van der Waals surface area contributed by atoms with Gasteiger partial charge in [0.05, 0.1) is 0 Å². The molecule has 0 heterocycles. The van der Waals surface area contributed by atoms with Gasteiger partial charge in [0.2, 0.25) is 5.91 Å². The third kappa shape index (κ3) is 5.29. The van der Waals surface area contributed by atoms with Gasteiger partial charge in [0.15, 0.2) is 0 Å². The average molecular weight is 407 g/mol. The Bertz CT molecular complexity index is 832. The van der Waals surface area contributed by atoms with Crippen LogP contribution in [-0.2, 0) is 4.79 Å². The summed E-state index contributed by atoms with van der Waals surface area (Å²) >= 11 is 5.89. The molecule has 0 atom stereocenters. The van der Waals surface area contributed by atoms with Gasteiger partial charge in [0.25, 0.3) is 5.91 Å². The summed E-state index contributed by atoms with van der Waals surface area (Å²) in [4.78, 5) is 27.1. The van der Waals surface area contributed by atoms with E-state index in [2.05, 4.69) is 5.32 Å². The molecule has 1 aliphatic carbocycles. The molecule has 0 bridgehead atoms. The zero-order valence-electron chi connectivity index (χ0n) is 15.3. The Hall–Kier alpha value is -2.47. The molecular weight excluding hydrogens is 386 g/mol. The molecule has 28 heavy (non-hydrogen) atoms. The molecule has 1 fully saturated rings. The number of halogens is 3. The Morgan fingerprint density at radius 2 is 1.61 bits per heavy atom. The van der Waals surface area contributed by atoms with E-state index in [1.807, 2.05) is 0 Å². The molecule has 7 heteroatoms. The largest absolute Gasteiger partial charge is 0.326 e. The molecule has 0 aromatic heterocycles. The first-order chi connectivity index (χ1) is 13.4. The molecule has 0 saturated heterocycles. The van der Waals surface area contributed by atoms with Crippen LogP contribution in [0, 0.1) is 11.6 Å². The highest BCUT2D eigenvalue weighted by atomic mass is 35.5. The van der Waals surface area contributed by atoms with Gasteiger partial charge in [-0.25, -0.2) is 8.78 Å².